The van der Waals surface area contributed by atoms with Crippen LogP contribution in [0.1, 0.15) is 17.3 Å². The number of carbonyl (C=O) groups is 1. The smallest absolute Gasteiger partial charge is 0.335 e. The van der Waals surface area contributed by atoms with E-state index in [1.165, 1.54) is 0 Å². The van der Waals surface area contributed by atoms with Crippen LogP contribution in [0, 0.1) is 11.6 Å². The lowest BCUT2D eigenvalue weighted by Crippen LogP contribution is -2.15. The minimum absolute atomic E-state index is 0.183. The summed E-state index contributed by atoms with van der Waals surface area (Å²) in [7, 11) is -4.15. The molecule has 1 aromatic rings. The fourth-order valence-electron chi connectivity index (χ4n) is 1.34. The van der Waals surface area contributed by atoms with Gasteiger partial charge in [0.15, 0.2) is 21.5 Å². The molecule has 0 atom stereocenters. The van der Waals surface area contributed by atoms with E-state index in [0.29, 0.717) is 12.1 Å². The van der Waals surface area contributed by atoms with E-state index in [4.69, 9.17) is 9.84 Å². The van der Waals surface area contributed by atoms with Crippen molar-refractivity contribution in [1.29, 1.82) is 0 Å². The summed E-state index contributed by atoms with van der Waals surface area (Å²) < 4.78 is 55.0. The zero-order valence-electron chi connectivity index (χ0n) is 10.0. The number of carboxylic acids is 1. The van der Waals surface area contributed by atoms with Crippen molar-refractivity contribution < 1.29 is 31.8 Å². The Morgan fingerprint density at radius 2 is 2.00 bits per heavy atom. The lowest BCUT2D eigenvalue weighted by Gasteiger charge is -2.07. The fraction of sp³-hybridized carbons (Fsp3) is 0.364. The average molecular weight is 294 g/mol. The maximum absolute atomic E-state index is 13.5. The summed E-state index contributed by atoms with van der Waals surface area (Å²) in [5.41, 5.74) is -0.631. The van der Waals surface area contributed by atoms with Crippen LogP contribution >= 0.6 is 0 Å². The number of aromatic carboxylic acids is 1. The molecular formula is C11H12F2O5S. The number of carboxylic acid groups (broad SMARTS) is 1. The lowest BCUT2D eigenvalue weighted by molar-refractivity contribution is 0.0696. The zero-order valence-corrected chi connectivity index (χ0v) is 10.8. The molecule has 0 spiro atoms. The van der Waals surface area contributed by atoms with Crippen molar-refractivity contribution in [2.24, 2.45) is 0 Å². The Hall–Kier alpha value is -1.54. The van der Waals surface area contributed by atoms with Gasteiger partial charge in [0.2, 0.25) is 0 Å². The van der Waals surface area contributed by atoms with Crippen LogP contribution in [0.25, 0.3) is 0 Å². The van der Waals surface area contributed by atoms with Crippen molar-refractivity contribution in [1.82, 2.24) is 0 Å². The third-order valence-corrected chi connectivity index (χ3v) is 3.95. The highest BCUT2D eigenvalue weighted by molar-refractivity contribution is 7.91. The van der Waals surface area contributed by atoms with Crippen molar-refractivity contribution >= 4 is 15.8 Å². The molecule has 0 heterocycles. The Morgan fingerprint density at radius 3 is 2.53 bits per heavy atom. The molecule has 0 amide bonds. The number of sulfone groups is 1. The number of hydrogen-bond acceptors (Lipinski definition) is 4. The van der Waals surface area contributed by atoms with Gasteiger partial charge in [-0.1, -0.05) is 0 Å². The number of ether oxygens (including phenoxy) is 1. The van der Waals surface area contributed by atoms with Crippen LogP contribution in [0.3, 0.4) is 0 Å². The first-order valence-corrected chi connectivity index (χ1v) is 6.97. The summed E-state index contributed by atoms with van der Waals surface area (Å²) in [5, 5.41) is 8.70. The van der Waals surface area contributed by atoms with Crippen LogP contribution in [-0.4, -0.2) is 38.5 Å². The molecule has 19 heavy (non-hydrogen) atoms. The van der Waals surface area contributed by atoms with E-state index in [1.54, 1.807) is 6.92 Å². The van der Waals surface area contributed by atoms with Crippen LogP contribution in [0.15, 0.2) is 17.0 Å². The van der Waals surface area contributed by atoms with E-state index in [1.807, 2.05) is 0 Å². The predicted molar refractivity (Wildman–Crippen MR) is 61.9 cm³/mol. The van der Waals surface area contributed by atoms with Gasteiger partial charge in [-0.05, 0) is 19.1 Å². The third-order valence-electron chi connectivity index (χ3n) is 2.28. The van der Waals surface area contributed by atoms with E-state index in [2.05, 4.69) is 0 Å². The standard InChI is InChI=1S/C11H12F2O5S/c1-2-18-3-4-19(16,17)9-6-7(11(14)15)5-8(12)10(9)13/h5-6H,2-4H2,1H3,(H,14,15). The first kappa shape index (κ1) is 15.5. The highest BCUT2D eigenvalue weighted by Crippen LogP contribution is 2.21. The van der Waals surface area contributed by atoms with Gasteiger partial charge in [-0.2, -0.15) is 0 Å². The lowest BCUT2D eigenvalue weighted by atomic mass is 10.2. The van der Waals surface area contributed by atoms with E-state index in [0.717, 1.165) is 0 Å². The molecule has 0 saturated carbocycles. The molecule has 1 N–H and O–H groups in total. The monoisotopic (exact) mass is 294 g/mol. The summed E-state index contributed by atoms with van der Waals surface area (Å²) >= 11 is 0. The second kappa shape index (κ2) is 6.07. The molecule has 0 saturated heterocycles. The van der Waals surface area contributed by atoms with Gasteiger partial charge >= 0.3 is 5.97 Å². The summed E-state index contributed by atoms with van der Waals surface area (Å²) in [5.74, 6) is -5.20. The molecule has 0 radical (unpaired) electrons. The van der Waals surface area contributed by atoms with E-state index < -0.39 is 43.7 Å². The quantitative estimate of drug-likeness (QED) is 0.804. The number of rotatable bonds is 6. The summed E-state index contributed by atoms with van der Waals surface area (Å²) in [4.78, 5) is 9.73. The Balaban J connectivity index is 3.21. The predicted octanol–water partition coefficient (Wildman–Crippen LogP) is 1.47. The Labute approximate surface area is 108 Å². The third kappa shape index (κ3) is 3.71. The SMILES string of the molecule is CCOCCS(=O)(=O)c1cc(C(=O)O)cc(F)c1F. The number of halogens is 2. The van der Waals surface area contributed by atoms with Crippen molar-refractivity contribution in [3.63, 3.8) is 0 Å². The van der Waals surface area contributed by atoms with Crippen LogP contribution in [0.4, 0.5) is 8.78 Å². The van der Waals surface area contributed by atoms with Gasteiger partial charge in [-0.25, -0.2) is 22.0 Å². The Kier molecular flexibility index (Phi) is 4.96. The molecule has 0 fully saturated rings. The van der Waals surface area contributed by atoms with E-state index in [-0.39, 0.29) is 13.2 Å². The highest BCUT2D eigenvalue weighted by Gasteiger charge is 2.24. The van der Waals surface area contributed by atoms with Crippen molar-refractivity contribution in [2.75, 3.05) is 19.0 Å². The van der Waals surface area contributed by atoms with E-state index >= 15 is 0 Å². The molecule has 0 aromatic heterocycles. The molecule has 8 heteroatoms. The van der Waals surface area contributed by atoms with Gasteiger partial charge in [-0.3, -0.25) is 0 Å². The molecule has 0 aliphatic carbocycles. The van der Waals surface area contributed by atoms with Crippen LogP contribution in [0.5, 0.6) is 0 Å². The fourth-order valence-corrected chi connectivity index (χ4v) is 2.57. The highest BCUT2D eigenvalue weighted by atomic mass is 32.2. The molecule has 1 rings (SSSR count). The van der Waals surface area contributed by atoms with Gasteiger partial charge in [0, 0.05) is 6.61 Å². The van der Waals surface area contributed by atoms with Crippen LogP contribution in [0.2, 0.25) is 0 Å². The molecule has 106 valence electrons. The number of benzene rings is 1. The molecule has 0 aliphatic heterocycles. The van der Waals surface area contributed by atoms with Crippen molar-refractivity contribution in [3.05, 3.63) is 29.3 Å². The average Bonchev–Trinajstić information content (AvgIpc) is 2.32. The second-order valence-corrected chi connectivity index (χ2v) is 5.67. The first-order valence-electron chi connectivity index (χ1n) is 5.32. The van der Waals surface area contributed by atoms with Gasteiger partial charge in [0.25, 0.3) is 0 Å². The second-order valence-electron chi connectivity index (χ2n) is 3.59. The van der Waals surface area contributed by atoms with Crippen molar-refractivity contribution in [2.45, 2.75) is 11.8 Å². The maximum Gasteiger partial charge on any atom is 0.335 e. The topological polar surface area (TPSA) is 80.7 Å². The first-order chi connectivity index (χ1) is 8.79. The molecule has 5 nitrogen and oxygen atoms in total. The zero-order chi connectivity index (χ0) is 14.6. The Bertz CT molecular complexity index is 583. The van der Waals surface area contributed by atoms with Gasteiger partial charge in [-0.15, -0.1) is 0 Å². The van der Waals surface area contributed by atoms with Gasteiger partial charge in [0.05, 0.1) is 17.9 Å². The van der Waals surface area contributed by atoms with Crippen LogP contribution in [-0.2, 0) is 14.6 Å². The van der Waals surface area contributed by atoms with Gasteiger partial charge < -0.3 is 9.84 Å². The maximum atomic E-state index is 13.5. The minimum atomic E-state index is -4.15. The van der Waals surface area contributed by atoms with Gasteiger partial charge in [0.1, 0.15) is 4.90 Å². The molecule has 0 bridgehead atoms. The van der Waals surface area contributed by atoms with Crippen LogP contribution < -0.4 is 0 Å². The molecule has 1 aromatic carbocycles. The molecule has 0 unspecified atom stereocenters. The normalized spacial score (nSPS) is 11.5. The van der Waals surface area contributed by atoms with E-state index in [9.17, 15) is 22.0 Å². The number of hydrogen-bond donors (Lipinski definition) is 1. The van der Waals surface area contributed by atoms with Crippen molar-refractivity contribution in [3.8, 4) is 0 Å². The summed E-state index contributed by atoms with van der Waals surface area (Å²) in [6.45, 7) is 1.75. The minimum Gasteiger partial charge on any atom is -0.478 e. The summed E-state index contributed by atoms with van der Waals surface area (Å²) in [6, 6.07) is 1.03. The summed E-state index contributed by atoms with van der Waals surface area (Å²) in [6.07, 6.45) is 0. The molecule has 0 aliphatic rings. The largest absolute Gasteiger partial charge is 0.478 e. The Morgan fingerprint density at radius 1 is 1.37 bits per heavy atom. The molecular weight excluding hydrogens is 282 g/mol.